The van der Waals surface area contributed by atoms with Crippen molar-refractivity contribution in [2.24, 2.45) is 11.8 Å². The first-order valence-electron chi connectivity index (χ1n) is 8.71. The number of carboxylic acids is 1. The number of aliphatic carboxylic acids is 1. The van der Waals surface area contributed by atoms with Crippen LogP contribution in [0.4, 0.5) is 0 Å². The molecule has 0 unspecified atom stereocenters. The van der Waals surface area contributed by atoms with Gasteiger partial charge in [-0.1, -0.05) is 30.3 Å². The van der Waals surface area contributed by atoms with Gasteiger partial charge in [-0.15, -0.1) is 0 Å². The predicted octanol–water partition coefficient (Wildman–Crippen LogP) is 3.76. The Bertz CT molecular complexity index is 479. The summed E-state index contributed by atoms with van der Waals surface area (Å²) in [7, 11) is 0. The lowest BCUT2D eigenvalue weighted by molar-refractivity contribution is -0.137. The summed E-state index contributed by atoms with van der Waals surface area (Å²) in [4.78, 5) is 13.0. The highest BCUT2D eigenvalue weighted by atomic mass is 16.4. The quantitative estimate of drug-likeness (QED) is 0.833. The molecule has 2 fully saturated rings. The van der Waals surface area contributed by atoms with Gasteiger partial charge in [-0.05, 0) is 75.1 Å². The van der Waals surface area contributed by atoms with Gasteiger partial charge in [0.15, 0.2) is 0 Å². The second-order valence-corrected chi connectivity index (χ2v) is 7.03. The van der Waals surface area contributed by atoms with Crippen molar-refractivity contribution in [1.29, 1.82) is 0 Å². The van der Waals surface area contributed by atoms with Crippen LogP contribution in [0.25, 0.3) is 0 Å². The summed E-state index contributed by atoms with van der Waals surface area (Å²) in [6, 6.07) is 11.0. The Kier molecular flexibility index (Phi) is 5.14. The van der Waals surface area contributed by atoms with E-state index in [1.54, 1.807) is 0 Å². The lowest BCUT2D eigenvalue weighted by Crippen LogP contribution is -2.34. The molecule has 0 spiro atoms. The molecule has 1 aliphatic heterocycles. The minimum Gasteiger partial charge on any atom is -0.481 e. The van der Waals surface area contributed by atoms with Crippen LogP contribution in [0.15, 0.2) is 30.3 Å². The van der Waals surface area contributed by atoms with Gasteiger partial charge >= 0.3 is 5.97 Å². The van der Waals surface area contributed by atoms with Crippen LogP contribution in [-0.2, 0) is 4.79 Å². The van der Waals surface area contributed by atoms with Gasteiger partial charge in [-0.2, -0.15) is 0 Å². The molecule has 3 nitrogen and oxygen atoms in total. The van der Waals surface area contributed by atoms with Crippen molar-refractivity contribution in [3.8, 4) is 0 Å². The molecule has 120 valence electrons. The monoisotopic (exact) mass is 301 g/mol. The highest BCUT2D eigenvalue weighted by Gasteiger charge is 2.39. The fraction of sp³-hybridized carbons (Fsp3) is 0.632. The Morgan fingerprint density at radius 3 is 2.59 bits per heavy atom. The third-order valence-electron chi connectivity index (χ3n) is 5.36. The third kappa shape index (κ3) is 4.33. The Morgan fingerprint density at radius 2 is 1.91 bits per heavy atom. The van der Waals surface area contributed by atoms with Gasteiger partial charge in [-0.3, -0.25) is 4.79 Å². The normalized spacial score (nSPS) is 26.0. The molecule has 1 N–H and O–H groups in total. The summed E-state index contributed by atoms with van der Waals surface area (Å²) in [6.45, 7) is 3.27. The number of nitrogens with zero attached hydrogens (tertiary/aromatic N) is 1. The summed E-state index contributed by atoms with van der Waals surface area (Å²) >= 11 is 0. The van der Waals surface area contributed by atoms with Crippen LogP contribution >= 0.6 is 0 Å². The minimum atomic E-state index is -0.671. The van der Waals surface area contributed by atoms with Crippen molar-refractivity contribution < 1.29 is 9.90 Å². The minimum absolute atomic E-state index is 0.306. The molecule has 0 bridgehead atoms. The molecule has 22 heavy (non-hydrogen) atoms. The highest BCUT2D eigenvalue weighted by molar-refractivity contribution is 5.66. The van der Waals surface area contributed by atoms with E-state index < -0.39 is 5.97 Å². The van der Waals surface area contributed by atoms with E-state index >= 15 is 0 Å². The summed E-state index contributed by atoms with van der Waals surface area (Å²) < 4.78 is 0. The Balaban J connectivity index is 1.34. The lowest BCUT2D eigenvalue weighted by Gasteiger charge is -2.32. The maximum atomic E-state index is 10.6. The molecule has 0 aromatic heterocycles. The maximum absolute atomic E-state index is 10.6. The largest absolute Gasteiger partial charge is 0.481 e. The van der Waals surface area contributed by atoms with Crippen molar-refractivity contribution in [2.45, 2.75) is 44.4 Å². The number of rotatable bonds is 7. The third-order valence-corrected chi connectivity index (χ3v) is 5.36. The summed E-state index contributed by atoms with van der Waals surface area (Å²) in [5.74, 6) is 1.94. The van der Waals surface area contributed by atoms with Gasteiger partial charge in [0.05, 0.1) is 0 Å². The van der Waals surface area contributed by atoms with Crippen LogP contribution in [0.5, 0.6) is 0 Å². The van der Waals surface area contributed by atoms with Crippen LogP contribution in [0.1, 0.15) is 50.0 Å². The van der Waals surface area contributed by atoms with E-state index in [0.29, 0.717) is 6.42 Å². The molecule has 1 heterocycles. The number of carboxylic acid groups (broad SMARTS) is 1. The molecule has 0 amide bonds. The fourth-order valence-corrected chi connectivity index (χ4v) is 3.94. The first kappa shape index (κ1) is 15.5. The summed E-state index contributed by atoms with van der Waals surface area (Å²) in [5, 5.41) is 8.69. The lowest BCUT2D eigenvalue weighted by atomic mass is 9.90. The first-order valence-corrected chi connectivity index (χ1v) is 8.71. The van der Waals surface area contributed by atoms with E-state index in [1.165, 1.54) is 31.2 Å². The standard InChI is InChI=1S/C19H27NO2/c21-19(22)7-4-10-20-11-8-15(9-12-20)13-17-14-18(17)16-5-2-1-3-6-16/h1-3,5-6,15,17-18H,4,7-14H2,(H,21,22)/t17-,18+/m1/s1. The second kappa shape index (κ2) is 7.28. The molecular weight excluding hydrogens is 274 g/mol. The van der Waals surface area contributed by atoms with Gasteiger partial charge in [0.1, 0.15) is 0 Å². The Morgan fingerprint density at radius 1 is 1.18 bits per heavy atom. The topological polar surface area (TPSA) is 40.5 Å². The van der Waals surface area contributed by atoms with Crippen molar-refractivity contribution in [3.05, 3.63) is 35.9 Å². The smallest absolute Gasteiger partial charge is 0.303 e. The van der Waals surface area contributed by atoms with E-state index in [0.717, 1.165) is 43.8 Å². The van der Waals surface area contributed by atoms with E-state index in [9.17, 15) is 4.79 Å². The van der Waals surface area contributed by atoms with Crippen LogP contribution in [0, 0.1) is 11.8 Å². The van der Waals surface area contributed by atoms with Gasteiger partial charge in [-0.25, -0.2) is 0 Å². The fourth-order valence-electron chi connectivity index (χ4n) is 3.94. The molecule has 3 rings (SSSR count). The van der Waals surface area contributed by atoms with Gasteiger partial charge < -0.3 is 10.0 Å². The summed E-state index contributed by atoms with van der Waals surface area (Å²) in [6.07, 6.45) is 6.46. The van der Waals surface area contributed by atoms with Gasteiger partial charge in [0.25, 0.3) is 0 Å². The van der Waals surface area contributed by atoms with Crippen LogP contribution in [-0.4, -0.2) is 35.6 Å². The first-order chi connectivity index (χ1) is 10.7. The van der Waals surface area contributed by atoms with E-state index in [-0.39, 0.29) is 0 Å². The number of hydrogen-bond donors (Lipinski definition) is 1. The number of piperidine rings is 1. The highest BCUT2D eigenvalue weighted by Crippen LogP contribution is 2.51. The molecule has 3 heteroatoms. The van der Waals surface area contributed by atoms with Crippen molar-refractivity contribution in [1.82, 2.24) is 4.90 Å². The SMILES string of the molecule is O=C(O)CCCN1CCC(C[C@@H]2C[C@H]2c2ccccc2)CC1. The van der Waals surface area contributed by atoms with Crippen molar-refractivity contribution >= 4 is 5.97 Å². The van der Waals surface area contributed by atoms with Crippen LogP contribution < -0.4 is 0 Å². The zero-order valence-electron chi connectivity index (χ0n) is 13.3. The molecule has 2 atom stereocenters. The second-order valence-electron chi connectivity index (χ2n) is 7.03. The van der Waals surface area contributed by atoms with Crippen molar-refractivity contribution in [3.63, 3.8) is 0 Å². The molecule has 1 aromatic rings. The summed E-state index contributed by atoms with van der Waals surface area (Å²) in [5.41, 5.74) is 1.53. The molecule has 1 aromatic carbocycles. The van der Waals surface area contributed by atoms with E-state index in [2.05, 4.69) is 35.2 Å². The predicted molar refractivity (Wildman–Crippen MR) is 87.9 cm³/mol. The number of carbonyl (C=O) groups is 1. The Labute approximate surface area is 133 Å². The number of likely N-dealkylation sites (tertiary alicyclic amines) is 1. The van der Waals surface area contributed by atoms with Crippen LogP contribution in [0.2, 0.25) is 0 Å². The maximum Gasteiger partial charge on any atom is 0.303 e. The molecule has 0 radical (unpaired) electrons. The molecule has 2 aliphatic rings. The number of benzene rings is 1. The number of hydrogen-bond acceptors (Lipinski definition) is 2. The van der Waals surface area contributed by atoms with E-state index in [4.69, 9.17) is 5.11 Å². The average molecular weight is 301 g/mol. The van der Waals surface area contributed by atoms with Gasteiger partial charge in [0, 0.05) is 6.42 Å². The zero-order valence-corrected chi connectivity index (χ0v) is 13.3. The van der Waals surface area contributed by atoms with Crippen molar-refractivity contribution in [2.75, 3.05) is 19.6 Å². The average Bonchev–Trinajstić information content (AvgIpc) is 3.29. The van der Waals surface area contributed by atoms with Gasteiger partial charge in [0.2, 0.25) is 0 Å². The van der Waals surface area contributed by atoms with E-state index in [1.807, 2.05) is 0 Å². The van der Waals surface area contributed by atoms with Crippen LogP contribution in [0.3, 0.4) is 0 Å². The Hall–Kier alpha value is -1.35. The zero-order chi connectivity index (χ0) is 15.4. The molecule has 1 aliphatic carbocycles. The molecule has 1 saturated heterocycles. The molecule has 1 saturated carbocycles. The molecular formula is C19H27NO2.